The highest BCUT2D eigenvalue weighted by Crippen LogP contribution is 2.34. The van der Waals surface area contributed by atoms with Crippen LogP contribution in [0.25, 0.3) is 16.2 Å². The Morgan fingerprint density at radius 2 is 1.90 bits per heavy atom. The van der Waals surface area contributed by atoms with E-state index in [4.69, 9.17) is 5.11 Å². The van der Waals surface area contributed by atoms with Gasteiger partial charge in [-0.25, -0.2) is 4.98 Å². The lowest BCUT2D eigenvalue weighted by atomic mass is 10.1. The Morgan fingerprint density at radius 3 is 2.52 bits per heavy atom. The van der Waals surface area contributed by atoms with Gasteiger partial charge in [-0.15, -0.1) is 11.3 Å². The van der Waals surface area contributed by atoms with Crippen molar-refractivity contribution in [1.82, 2.24) is 9.38 Å². The van der Waals surface area contributed by atoms with Crippen molar-refractivity contribution in [2.24, 2.45) is 0 Å². The molecule has 0 fully saturated rings. The summed E-state index contributed by atoms with van der Waals surface area (Å²) in [6, 6.07) is 8.17. The SMILES string of the molecule is Cc1ccc(-c2c(CC(=O)O)sc3nc(C)c(C)n23)cc1. The van der Waals surface area contributed by atoms with Gasteiger partial charge in [-0.2, -0.15) is 0 Å². The van der Waals surface area contributed by atoms with E-state index in [2.05, 4.69) is 9.38 Å². The molecule has 108 valence electrons. The molecule has 0 amide bonds. The third-order valence-corrected chi connectivity index (χ3v) is 4.69. The van der Waals surface area contributed by atoms with Gasteiger partial charge in [0.2, 0.25) is 0 Å². The summed E-state index contributed by atoms with van der Waals surface area (Å²) in [4.78, 5) is 17.4. The molecule has 4 nitrogen and oxygen atoms in total. The van der Waals surface area contributed by atoms with Gasteiger partial charge in [-0.1, -0.05) is 29.8 Å². The number of fused-ring (bicyclic) bond motifs is 1. The summed E-state index contributed by atoms with van der Waals surface area (Å²) in [6.45, 7) is 6.03. The number of aromatic nitrogens is 2. The second-order valence-corrected chi connectivity index (χ2v) is 6.27. The fourth-order valence-corrected chi connectivity index (χ4v) is 3.68. The molecule has 3 aromatic rings. The molecule has 5 heteroatoms. The zero-order valence-corrected chi connectivity index (χ0v) is 13.0. The maximum absolute atomic E-state index is 11.1. The van der Waals surface area contributed by atoms with E-state index in [1.54, 1.807) is 0 Å². The van der Waals surface area contributed by atoms with Crippen LogP contribution in [0.3, 0.4) is 0 Å². The van der Waals surface area contributed by atoms with Gasteiger partial charge in [0.05, 0.1) is 17.8 Å². The van der Waals surface area contributed by atoms with Gasteiger partial charge < -0.3 is 5.11 Å². The molecule has 2 aromatic heterocycles. The van der Waals surface area contributed by atoms with Crippen molar-refractivity contribution in [3.8, 4) is 11.3 Å². The average Bonchev–Trinajstić information content (AvgIpc) is 2.88. The number of imidazole rings is 1. The van der Waals surface area contributed by atoms with Crippen LogP contribution in [0.15, 0.2) is 24.3 Å². The smallest absolute Gasteiger partial charge is 0.308 e. The Morgan fingerprint density at radius 1 is 1.24 bits per heavy atom. The number of carboxylic acids is 1. The van der Waals surface area contributed by atoms with E-state index in [1.807, 2.05) is 45.0 Å². The Hall–Kier alpha value is -2.14. The number of benzene rings is 1. The molecule has 1 aromatic carbocycles. The van der Waals surface area contributed by atoms with Gasteiger partial charge in [0.15, 0.2) is 4.96 Å². The summed E-state index contributed by atoms with van der Waals surface area (Å²) in [7, 11) is 0. The molecule has 0 bridgehead atoms. The molecule has 1 N–H and O–H groups in total. The Labute approximate surface area is 126 Å². The minimum Gasteiger partial charge on any atom is -0.481 e. The lowest BCUT2D eigenvalue weighted by Crippen LogP contribution is -2.01. The fraction of sp³-hybridized carbons (Fsp3) is 0.250. The molecule has 0 aliphatic carbocycles. The van der Waals surface area contributed by atoms with Crippen LogP contribution in [0.1, 0.15) is 21.8 Å². The lowest BCUT2D eigenvalue weighted by molar-refractivity contribution is -0.136. The number of nitrogens with zero attached hydrogens (tertiary/aromatic N) is 2. The van der Waals surface area contributed by atoms with Gasteiger partial charge in [-0.05, 0) is 26.3 Å². The zero-order valence-electron chi connectivity index (χ0n) is 12.2. The van der Waals surface area contributed by atoms with Crippen molar-refractivity contribution in [2.75, 3.05) is 0 Å². The molecule has 0 atom stereocenters. The number of carbonyl (C=O) groups is 1. The maximum Gasteiger partial charge on any atom is 0.308 e. The summed E-state index contributed by atoms with van der Waals surface area (Å²) in [6.07, 6.45) is 0.0235. The van der Waals surface area contributed by atoms with E-state index in [9.17, 15) is 4.79 Å². The second kappa shape index (κ2) is 5.00. The lowest BCUT2D eigenvalue weighted by Gasteiger charge is -2.06. The van der Waals surface area contributed by atoms with Crippen LogP contribution in [-0.2, 0) is 11.2 Å². The van der Waals surface area contributed by atoms with E-state index in [0.29, 0.717) is 0 Å². The molecule has 0 saturated heterocycles. The number of hydrogen-bond acceptors (Lipinski definition) is 3. The number of aliphatic carboxylic acids is 1. The summed E-state index contributed by atoms with van der Waals surface area (Å²) in [5.41, 5.74) is 5.22. The standard InChI is InChI=1S/C16H16N2O2S/c1-9-4-6-12(7-5-9)15-13(8-14(19)20)21-16-17-10(2)11(3)18(15)16/h4-7H,8H2,1-3H3,(H,19,20). The Kier molecular flexibility index (Phi) is 3.29. The molecule has 0 aliphatic rings. The monoisotopic (exact) mass is 300 g/mol. The number of thiazole rings is 1. The van der Waals surface area contributed by atoms with Crippen LogP contribution in [0.2, 0.25) is 0 Å². The number of hydrogen-bond donors (Lipinski definition) is 1. The highest BCUT2D eigenvalue weighted by Gasteiger charge is 2.19. The first kappa shape index (κ1) is 13.8. The molecule has 3 rings (SSSR count). The summed E-state index contributed by atoms with van der Waals surface area (Å²) < 4.78 is 2.07. The van der Waals surface area contributed by atoms with Crippen molar-refractivity contribution in [1.29, 1.82) is 0 Å². The van der Waals surface area contributed by atoms with E-state index in [-0.39, 0.29) is 6.42 Å². The summed E-state index contributed by atoms with van der Waals surface area (Å²) in [5.74, 6) is -0.817. The normalized spacial score (nSPS) is 11.2. The molecule has 2 heterocycles. The largest absolute Gasteiger partial charge is 0.481 e. The van der Waals surface area contributed by atoms with Crippen LogP contribution in [0.4, 0.5) is 0 Å². The van der Waals surface area contributed by atoms with Gasteiger partial charge >= 0.3 is 5.97 Å². The maximum atomic E-state index is 11.1. The Balaban J connectivity index is 2.29. The molecule has 0 unspecified atom stereocenters. The van der Waals surface area contributed by atoms with Crippen LogP contribution >= 0.6 is 11.3 Å². The van der Waals surface area contributed by atoms with E-state index < -0.39 is 5.97 Å². The van der Waals surface area contributed by atoms with Crippen LogP contribution in [0, 0.1) is 20.8 Å². The second-order valence-electron chi connectivity index (χ2n) is 5.21. The van der Waals surface area contributed by atoms with Gasteiger partial charge in [0, 0.05) is 10.6 Å². The van der Waals surface area contributed by atoms with E-state index in [0.717, 1.165) is 32.5 Å². The quantitative estimate of drug-likeness (QED) is 0.804. The van der Waals surface area contributed by atoms with Gasteiger partial charge in [-0.3, -0.25) is 9.20 Å². The molecule has 0 saturated carbocycles. The van der Waals surface area contributed by atoms with Crippen LogP contribution < -0.4 is 0 Å². The zero-order chi connectivity index (χ0) is 15.1. The fourth-order valence-electron chi connectivity index (χ4n) is 2.45. The predicted molar refractivity (Wildman–Crippen MR) is 84.1 cm³/mol. The first-order valence-corrected chi connectivity index (χ1v) is 7.55. The predicted octanol–water partition coefficient (Wildman–Crippen LogP) is 3.62. The molecule has 21 heavy (non-hydrogen) atoms. The molecule has 0 radical (unpaired) electrons. The number of rotatable bonds is 3. The van der Waals surface area contributed by atoms with Crippen molar-refractivity contribution < 1.29 is 9.90 Å². The first-order chi connectivity index (χ1) is 9.97. The van der Waals surface area contributed by atoms with Gasteiger partial charge in [0.1, 0.15) is 0 Å². The third kappa shape index (κ3) is 2.34. The molecule has 0 spiro atoms. The third-order valence-electron chi connectivity index (χ3n) is 3.65. The van der Waals surface area contributed by atoms with Gasteiger partial charge in [0.25, 0.3) is 0 Å². The number of carboxylic acid groups (broad SMARTS) is 1. The van der Waals surface area contributed by atoms with Crippen molar-refractivity contribution >= 4 is 22.3 Å². The number of aryl methyl sites for hydroxylation is 3. The first-order valence-electron chi connectivity index (χ1n) is 6.73. The highest BCUT2D eigenvalue weighted by molar-refractivity contribution is 7.17. The topological polar surface area (TPSA) is 54.6 Å². The van der Waals surface area contributed by atoms with Crippen LogP contribution in [-0.4, -0.2) is 20.5 Å². The summed E-state index contributed by atoms with van der Waals surface area (Å²) in [5, 5.41) is 9.15. The van der Waals surface area contributed by atoms with E-state index >= 15 is 0 Å². The molecular formula is C16H16N2O2S. The van der Waals surface area contributed by atoms with E-state index in [1.165, 1.54) is 16.9 Å². The molecular weight excluding hydrogens is 284 g/mol. The van der Waals surface area contributed by atoms with Crippen molar-refractivity contribution in [2.45, 2.75) is 27.2 Å². The Bertz CT molecular complexity index is 828. The summed E-state index contributed by atoms with van der Waals surface area (Å²) >= 11 is 1.46. The average molecular weight is 300 g/mol. The minimum absolute atomic E-state index is 0.0235. The highest BCUT2D eigenvalue weighted by atomic mass is 32.1. The van der Waals surface area contributed by atoms with Crippen LogP contribution in [0.5, 0.6) is 0 Å². The van der Waals surface area contributed by atoms with Crippen molar-refractivity contribution in [3.05, 3.63) is 46.1 Å². The minimum atomic E-state index is -0.817. The van der Waals surface area contributed by atoms with Crippen molar-refractivity contribution in [3.63, 3.8) is 0 Å². The molecule has 0 aliphatic heterocycles.